The Labute approximate surface area is 134 Å². The summed E-state index contributed by atoms with van der Waals surface area (Å²) in [5, 5.41) is 6.34. The molecule has 0 bridgehead atoms. The van der Waals surface area contributed by atoms with Crippen LogP contribution >= 0.6 is 35.1 Å². The van der Waals surface area contributed by atoms with Gasteiger partial charge in [-0.2, -0.15) is 28.6 Å². The number of nitrogens with one attached hydrogen (secondary N) is 1. The molecule has 0 amide bonds. The van der Waals surface area contributed by atoms with E-state index in [-0.39, 0.29) is 6.04 Å². The summed E-state index contributed by atoms with van der Waals surface area (Å²) in [5.74, 6) is 8.27. The van der Waals surface area contributed by atoms with E-state index in [0.717, 1.165) is 22.8 Å². The molecule has 3 N–H and O–H groups in total. The van der Waals surface area contributed by atoms with Crippen molar-refractivity contribution in [3.8, 4) is 0 Å². The van der Waals surface area contributed by atoms with Gasteiger partial charge in [-0.1, -0.05) is 18.5 Å². The Hall–Kier alpha value is 0.120. The highest BCUT2D eigenvalue weighted by atomic mass is 35.5. The van der Waals surface area contributed by atoms with Crippen LogP contribution in [-0.4, -0.2) is 37.8 Å². The van der Waals surface area contributed by atoms with Crippen molar-refractivity contribution in [1.29, 1.82) is 0 Å². The van der Waals surface area contributed by atoms with Crippen LogP contribution in [0.5, 0.6) is 0 Å². The third-order valence-electron chi connectivity index (χ3n) is 3.78. The van der Waals surface area contributed by atoms with Crippen LogP contribution in [0, 0.1) is 6.92 Å². The van der Waals surface area contributed by atoms with Gasteiger partial charge < -0.3 is 0 Å². The van der Waals surface area contributed by atoms with Gasteiger partial charge in [-0.3, -0.25) is 16.0 Å². The van der Waals surface area contributed by atoms with E-state index in [1.165, 1.54) is 17.9 Å². The number of hydrogen-bond donors (Lipinski definition) is 2. The first-order valence-corrected chi connectivity index (χ1v) is 9.43. The number of hydrazine groups is 1. The van der Waals surface area contributed by atoms with E-state index in [1.807, 2.05) is 30.4 Å². The van der Waals surface area contributed by atoms with Crippen LogP contribution in [-0.2, 0) is 13.5 Å². The fourth-order valence-corrected chi connectivity index (χ4v) is 6.17. The van der Waals surface area contributed by atoms with Crippen LogP contribution < -0.4 is 11.3 Å². The van der Waals surface area contributed by atoms with Crippen LogP contribution in [0.25, 0.3) is 0 Å². The maximum atomic E-state index is 6.36. The molecule has 2 rings (SSSR count). The van der Waals surface area contributed by atoms with Gasteiger partial charge in [0.1, 0.15) is 0 Å². The SMILES string of the molecule is CCC1SCCSC1C(Cc1c(Cl)c(C)nn1C)NN. The Morgan fingerprint density at radius 1 is 1.50 bits per heavy atom. The predicted molar refractivity (Wildman–Crippen MR) is 90.6 cm³/mol. The second kappa shape index (κ2) is 7.40. The summed E-state index contributed by atoms with van der Waals surface area (Å²) in [6, 6.07) is 0.227. The first-order valence-electron chi connectivity index (χ1n) is 6.95. The number of aryl methyl sites for hydroxylation is 2. The minimum absolute atomic E-state index is 0.227. The molecule has 0 saturated carbocycles. The van der Waals surface area contributed by atoms with Gasteiger partial charge in [0.2, 0.25) is 0 Å². The number of hydrogen-bond acceptors (Lipinski definition) is 5. The highest BCUT2D eigenvalue weighted by Crippen LogP contribution is 2.36. The molecule has 1 fully saturated rings. The molecule has 1 aliphatic heterocycles. The zero-order valence-electron chi connectivity index (χ0n) is 12.2. The van der Waals surface area contributed by atoms with Crippen molar-refractivity contribution in [2.75, 3.05) is 11.5 Å². The summed E-state index contributed by atoms with van der Waals surface area (Å²) in [6.45, 7) is 4.20. The van der Waals surface area contributed by atoms with Crippen molar-refractivity contribution in [2.24, 2.45) is 12.9 Å². The van der Waals surface area contributed by atoms with E-state index in [9.17, 15) is 0 Å². The van der Waals surface area contributed by atoms with Crippen molar-refractivity contribution in [1.82, 2.24) is 15.2 Å². The fourth-order valence-electron chi connectivity index (χ4n) is 2.69. The van der Waals surface area contributed by atoms with Crippen LogP contribution in [0.2, 0.25) is 5.02 Å². The average Bonchev–Trinajstić information content (AvgIpc) is 2.70. The van der Waals surface area contributed by atoms with Gasteiger partial charge in [-0.25, -0.2) is 0 Å². The monoisotopic (exact) mass is 334 g/mol. The first kappa shape index (κ1) is 16.5. The van der Waals surface area contributed by atoms with Crippen molar-refractivity contribution in [3.05, 3.63) is 16.4 Å². The van der Waals surface area contributed by atoms with E-state index in [2.05, 4.69) is 29.2 Å². The smallest absolute Gasteiger partial charge is 0.0847 e. The normalized spacial score (nSPS) is 24.9. The molecule has 1 saturated heterocycles. The summed E-state index contributed by atoms with van der Waals surface area (Å²) >= 11 is 10.5. The Morgan fingerprint density at radius 3 is 2.75 bits per heavy atom. The summed E-state index contributed by atoms with van der Waals surface area (Å²) in [5.41, 5.74) is 4.97. The molecule has 3 atom stereocenters. The van der Waals surface area contributed by atoms with Gasteiger partial charge in [0.15, 0.2) is 0 Å². The second-order valence-electron chi connectivity index (χ2n) is 5.10. The van der Waals surface area contributed by atoms with Gasteiger partial charge in [-0.05, 0) is 13.3 Å². The number of nitrogens with zero attached hydrogens (tertiary/aromatic N) is 2. The lowest BCUT2D eigenvalue weighted by molar-refractivity contribution is 0.477. The summed E-state index contributed by atoms with van der Waals surface area (Å²) in [4.78, 5) is 0. The van der Waals surface area contributed by atoms with E-state index < -0.39 is 0 Å². The molecule has 0 radical (unpaired) electrons. The summed E-state index contributed by atoms with van der Waals surface area (Å²) in [7, 11) is 1.95. The number of thioether (sulfide) groups is 2. The van der Waals surface area contributed by atoms with E-state index in [0.29, 0.717) is 10.5 Å². The maximum absolute atomic E-state index is 6.36. The van der Waals surface area contributed by atoms with Gasteiger partial charge in [-0.15, -0.1) is 0 Å². The molecule has 1 aromatic heterocycles. The van der Waals surface area contributed by atoms with Crippen LogP contribution in [0.3, 0.4) is 0 Å². The first-order chi connectivity index (χ1) is 9.58. The number of nitrogens with two attached hydrogens (primary N) is 1. The third-order valence-corrected chi connectivity index (χ3v) is 7.68. The highest BCUT2D eigenvalue weighted by molar-refractivity contribution is 8.07. The zero-order chi connectivity index (χ0) is 14.7. The highest BCUT2D eigenvalue weighted by Gasteiger charge is 2.32. The lowest BCUT2D eigenvalue weighted by atomic mass is 10.0. The molecule has 114 valence electrons. The molecule has 0 spiro atoms. The van der Waals surface area contributed by atoms with Crippen molar-refractivity contribution < 1.29 is 0 Å². The molecule has 7 heteroatoms. The van der Waals surface area contributed by atoms with Gasteiger partial charge in [0, 0.05) is 41.5 Å². The van der Waals surface area contributed by atoms with Gasteiger partial charge >= 0.3 is 0 Å². The van der Waals surface area contributed by atoms with Gasteiger partial charge in [0.05, 0.1) is 16.4 Å². The Balaban J connectivity index is 2.15. The molecule has 3 unspecified atom stereocenters. The molecule has 0 aromatic carbocycles. The molecule has 1 aromatic rings. The van der Waals surface area contributed by atoms with Crippen LogP contribution in [0.4, 0.5) is 0 Å². The van der Waals surface area contributed by atoms with Crippen LogP contribution in [0.15, 0.2) is 0 Å². The Kier molecular flexibility index (Phi) is 6.10. The number of halogens is 1. The maximum Gasteiger partial charge on any atom is 0.0847 e. The molecule has 4 nitrogen and oxygen atoms in total. The Bertz CT molecular complexity index is 452. The quantitative estimate of drug-likeness (QED) is 0.639. The standard InChI is InChI=1S/C13H23ClN4S2/c1-4-11-13(20-6-5-19-11)9(16-15)7-10-12(14)8(2)17-18(10)3/h9,11,13,16H,4-7,15H2,1-3H3. The Morgan fingerprint density at radius 2 is 2.20 bits per heavy atom. The van der Waals surface area contributed by atoms with Crippen molar-refractivity contribution >= 4 is 35.1 Å². The van der Waals surface area contributed by atoms with Crippen LogP contribution in [0.1, 0.15) is 24.7 Å². The summed E-state index contributed by atoms with van der Waals surface area (Å²) in [6.07, 6.45) is 2.00. The average molecular weight is 335 g/mol. The molecule has 1 aliphatic rings. The fraction of sp³-hybridized carbons (Fsp3) is 0.769. The lowest BCUT2D eigenvalue weighted by Crippen LogP contribution is -2.49. The molecule has 20 heavy (non-hydrogen) atoms. The number of aromatic nitrogens is 2. The van der Waals surface area contributed by atoms with E-state index >= 15 is 0 Å². The van der Waals surface area contributed by atoms with E-state index in [4.69, 9.17) is 17.4 Å². The molecular weight excluding hydrogens is 312 g/mol. The second-order valence-corrected chi connectivity index (χ2v) is 8.11. The van der Waals surface area contributed by atoms with E-state index in [1.54, 1.807) is 0 Å². The topological polar surface area (TPSA) is 55.9 Å². The molecular formula is C13H23ClN4S2. The largest absolute Gasteiger partial charge is 0.271 e. The molecule has 0 aliphatic carbocycles. The minimum atomic E-state index is 0.227. The minimum Gasteiger partial charge on any atom is -0.271 e. The zero-order valence-corrected chi connectivity index (χ0v) is 14.6. The number of rotatable bonds is 5. The van der Waals surface area contributed by atoms with Gasteiger partial charge in [0.25, 0.3) is 0 Å². The van der Waals surface area contributed by atoms with Crippen molar-refractivity contribution in [2.45, 2.75) is 43.2 Å². The third kappa shape index (κ3) is 3.47. The molecule has 2 heterocycles. The predicted octanol–water partition coefficient (Wildman–Crippen LogP) is 2.38. The summed E-state index contributed by atoms with van der Waals surface area (Å²) < 4.78 is 1.88. The van der Waals surface area contributed by atoms with Crippen molar-refractivity contribution in [3.63, 3.8) is 0 Å². The lowest BCUT2D eigenvalue weighted by Gasteiger charge is -2.35.